The molecule has 1 heterocycles. The summed E-state index contributed by atoms with van der Waals surface area (Å²) in [6, 6.07) is 7.21. The second-order valence-corrected chi connectivity index (χ2v) is 6.44. The topological polar surface area (TPSA) is 40.6 Å². The Morgan fingerprint density at radius 1 is 1.00 bits per heavy atom. The maximum atomic E-state index is 12.3. The van der Waals surface area contributed by atoms with Crippen molar-refractivity contribution in [1.82, 2.24) is 9.80 Å². The van der Waals surface area contributed by atoms with Gasteiger partial charge < -0.3 is 9.80 Å². The van der Waals surface area contributed by atoms with Gasteiger partial charge in [0.25, 0.3) is 11.8 Å². The van der Waals surface area contributed by atoms with Crippen molar-refractivity contribution in [2.45, 2.75) is 4.84 Å². The van der Waals surface area contributed by atoms with Crippen LogP contribution in [0.4, 0.5) is 0 Å². The van der Waals surface area contributed by atoms with E-state index in [0.717, 1.165) is 4.47 Å². The molecule has 0 aromatic heterocycles. The van der Waals surface area contributed by atoms with E-state index >= 15 is 0 Å². The number of carbonyl (C=O) groups is 2. The van der Waals surface area contributed by atoms with E-state index in [1.165, 1.54) is 0 Å². The van der Waals surface area contributed by atoms with Crippen molar-refractivity contribution in [3.8, 4) is 0 Å². The highest BCUT2D eigenvalue weighted by Crippen LogP contribution is 2.15. The quantitative estimate of drug-likeness (QED) is 0.741. The van der Waals surface area contributed by atoms with Gasteiger partial charge >= 0.3 is 0 Å². The van der Waals surface area contributed by atoms with Crippen LogP contribution in [-0.2, 0) is 4.79 Å². The van der Waals surface area contributed by atoms with Crippen LogP contribution in [0.25, 0.3) is 0 Å². The molecule has 0 radical (unpaired) electrons. The number of amides is 2. The zero-order chi connectivity index (χ0) is 14.7. The predicted octanol–water partition coefficient (Wildman–Crippen LogP) is 2.54. The van der Waals surface area contributed by atoms with Crippen LogP contribution in [0.3, 0.4) is 0 Å². The number of hydrogen-bond donors (Lipinski definition) is 0. The standard InChI is InChI=1S/C13H13BrCl2N2O2/c14-10-3-1-9(2-4-10)12(19)17-5-7-18(8-6-17)13(20)11(15)16/h1-4,11H,5-8H2. The number of nitrogens with zero attached hydrogens (tertiary/aromatic N) is 2. The van der Waals surface area contributed by atoms with Crippen molar-refractivity contribution in [1.29, 1.82) is 0 Å². The zero-order valence-corrected chi connectivity index (χ0v) is 13.7. The van der Waals surface area contributed by atoms with Gasteiger partial charge in [0.2, 0.25) is 0 Å². The lowest BCUT2D eigenvalue weighted by Gasteiger charge is -2.35. The van der Waals surface area contributed by atoms with E-state index < -0.39 is 4.84 Å². The smallest absolute Gasteiger partial charge is 0.255 e. The van der Waals surface area contributed by atoms with Crippen LogP contribution in [0.2, 0.25) is 0 Å². The summed E-state index contributed by atoms with van der Waals surface area (Å²) in [6.07, 6.45) is 0. The lowest BCUT2D eigenvalue weighted by Crippen LogP contribution is -2.51. The highest BCUT2D eigenvalue weighted by Gasteiger charge is 2.27. The molecule has 0 spiro atoms. The normalized spacial score (nSPS) is 15.6. The Balaban J connectivity index is 1.95. The molecule has 1 aliphatic heterocycles. The molecule has 1 aromatic rings. The molecule has 0 atom stereocenters. The molecule has 108 valence electrons. The number of benzene rings is 1. The lowest BCUT2D eigenvalue weighted by molar-refractivity contribution is -0.130. The van der Waals surface area contributed by atoms with Gasteiger partial charge in [-0.1, -0.05) is 39.1 Å². The molecular formula is C13H13BrCl2N2O2. The van der Waals surface area contributed by atoms with Crippen molar-refractivity contribution in [2.75, 3.05) is 26.2 Å². The monoisotopic (exact) mass is 378 g/mol. The molecular weight excluding hydrogens is 367 g/mol. The maximum Gasteiger partial charge on any atom is 0.255 e. The van der Waals surface area contributed by atoms with Gasteiger partial charge in [-0.05, 0) is 24.3 Å². The van der Waals surface area contributed by atoms with Crippen molar-refractivity contribution >= 4 is 50.9 Å². The number of piperazine rings is 1. The molecule has 2 amide bonds. The zero-order valence-electron chi connectivity index (χ0n) is 10.6. The third-order valence-corrected chi connectivity index (χ3v) is 4.06. The van der Waals surface area contributed by atoms with Gasteiger partial charge in [0.1, 0.15) is 0 Å². The molecule has 4 nitrogen and oxygen atoms in total. The van der Waals surface area contributed by atoms with Crippen LogP contribution >= 0.6 is 39.1 Å². The van der Waals surface area contributed by atoms with E-state index in [-0.39, 0.29) is 11.8 Å². The minimum atomic E-state index is -1.04. The van der Waals surface area contributed by atoms with Gasteiger partial charge in [-0.25, -0.2) is 0 Å². The summed E-state index contributed by atoms with van der Waals surface area (Å²) in [7, 11) is 0. The number of rotatable bonds is 2. The Labute approximate surface area is 135 Å². The fourth-order valence-corrected chi connectivity index (χ4v) is 2.58. The van der Waals surface area contributed by atoms with Gasteiger partial charge in [-0.2, -0.15) is 0 Å². The van der Waals surface area contributed by atoms with Gasteiger partial charge in [0.15, 0.2) is 4.84 Å². The van der Waals surface area contributed by atoms with Gasteiger partial charge in [0.05, 0.1) is 0 Å². The lowest BCUT2D eigenvalue weighted by atomic mass is 10.2. The molecule has 1 aliphatic rings. The van der Waals surface area contributed by atoms with Gasteiger partial charge in [-0.3, -0.25) is 9.59 Å². The van der Waals surface area contributed by atoms with Crippen LogP contribution in [0.1, 0.15) is 10.4 Å². The van der Waals surface area contributed by atoms with Gasteiger partial charge in [-0.15, -0.1) is 0 Å². The molecule has 0 N–H and O–H groups in total. The fourth-order valence-electron chi connectivity index (χ4n) is 2.04. The van der Waals surface area contributed by atoms with Crippen molar-refractivity contribution < 1.29 is 9.59 Å². The third kappa shape index (κ3) is 3.65. The molecule has 0 unspecified atom stereocenters. The maximum absolute atomic E-state index is 12.3. The molecule has 1 saturated heterocycles. The Morgan fingerprint density at radius 2 is 1.50 bits per heavy atom. The fraction of sp³-hybridized carbons (Fsp3) is 0.385. The molecule has 0 bridgehead atoms. The molecule has 2 rings (SSSR count). The summed E-state index contributed by atoms with van der Waals surface area (Å²) < 4.78 is 0.930. The number of carbonyl (C=O) groups excluding carboxylic acids is 2. The highest BCUT2D eigenvalue weighted by atomic mass is 79.9. The second-order valence-electron chi connectivity index (χ2n) is 4.43. The van der Waals surface area contributed by atoms with Crippen molar-refractivity contribution in [3.63, 3.8) is 0 Å². The van der Waals surface area contributed by atoms with E-state index in [0.29, 0.717) is 31.7 Å². The minimum absolute atomic E-state index is 0.0297. The summed E-state index contributed by atoms with van der Waals surface area (Å²) in [5.41, 5.74) is 0.639. The average Bonchev–Trinajstić information content (AvgIpc) is 2.46. The van der Waals surface area contributed by atoms with Crippen LogP contribution in [0.5, 0.6) is 0 Å². The largest absolute Gasteiger partial charge is 0.337 e. The van der Waals surface area contributed by atoms with Crippen molar-refractivity contribution in [3.05, 3.63) is 34.3 Å². The Morgan fingerprint density at radius 3 is 2.00 bits per heavy atom. The van der Waals surface area contributed by atoms with Gasteiger partial charge in [0, 0.05) is 36.2 Å². The molecule has 20 heavy (non-hydrogen) atoms. The third-order valence-electron chi connectivity index (χ3n) is 3.16. The first-order chi connectivity index (χ1) is 9.49. The second kappa shape index (κ2) is 6.78. The Kier molecular flexibility index (Phi) is 5.29. The van der Waals surface area contributed by atoms with Crippen LogP contribution in [-0.4, -0.2) is 52.6 Å². The van der Waals surface area contributed by atoms with Crippen LogP contribution in [0, 0.1) is 0 Å². The molecule has 0 aliphatic carbocycles. The number of halogens is 3. The minimum Gasteiger partial charge on any atom is -0.337 e. The summed E-state index contributed by atoms with van der Waals surface area (Å²) in [5.74, 6) is -0.332. The summed E-state index contributed by atoms with van der Waals surface area (Å²) in [6.45, 7) is 1.89. The Hall–Kier alpha value is -0.780. The van der Waals surface area contributed by atoms with E-state index in [9.17, 15) is 9.59 Å². The molecule has 1 aromatic carbocycles. The van der Waals surface area contributed by atoms with E-state index in [1.807, 2.05) is 12.1 Å². The first kappa shape index (κ1) is 15.6. The first-order valence-corrected chi connectivity index (χ1v) is 7.77. The summed E-state index contributed by atoms with van der Waals surface area (Å²) in [4.78, 5) is 26.2. The number of alkyl halides is 2. The average molecular weight is 380 g/mol. The van der Waals surface area contributed by atoms with Crippen LogP contribution in [0.15, 0.2) is 28.7 Å². The summed E-state index contributed by atoms with van der Waals surface area (Å²) in [5, 5.41) is 0. The molecule has 0 saturated carbocycles. The van der Waals surface area contributed by atoms with E-state index in [2.05, 4.69) is 15.9 Å². The first-order valence-electron chi connectivity index (χ1n) is 6.11. The number of hydrogen-bond acceptors (Lipinski definition) is 2. The summed E-state index contributed by atoms with van der Waals surface area (Å²) >= 11 is 14.5. The van der Waals surface area contributed by atoms with E-state index in [4.69, 9.17) is 23.2 Å². The molecule has 1 fully saturated rings. The highest BCUT2D eigenvalue weighted by molar-refractivity contribution is 9.10. The predicted molar refractivity (Wildman–Crippen MR) is 82.1 cm³/mol. The van der Waals surface area contributed by atoms with Crippen molar-refractivity contribution in [2.24, 2.45) is 0 Å². The van der Waals surface area contributed by atoms with E-state index in [1.54, 1.807) is 21.9 Å². The van der Waals surface area contributed by atoms with Crippen LogP contribution < -0.4 is 0 Å². The Bertz CT molecular complexity index is 500. The molecule has 7 heteroatoms. The SMILES string of the molecule is O=C(c1ccc(Br)cc1)N1CCN(C(=O)C(Cl)Cl)CC1.